The highest BCUT2D eigenvalue weighted by Crippen LogP contribution is 2.24. The van der Waals surface area contributed by atoms with Crippen LogP contribution in [0.25, 0.3) is 0 Å². The van der Waals surface area contributed by atoms with Gasteiger partial charge in [-0.3, -0.25) is 9.69 Å². The van der Waals surface area contributed by atoms with Crippen molar-refractivity contribution in [1.29, 1.82) is 0 Å². The lowest BCUT2D eigenvalue weighted by Crippen LogP contribution is -2.30. The Kier molecular flexibility index (Phi) is 5.98. The van der Waals surface area contributed by atoms with Crippen molar-refractivity contribution in [2.75, 3.05) is 24.5 Å². The van der Waals surface area contributed by atoms with E-state index in [0.717, 1.165) is 0 Å². The van der Waals surface area contributed by atoms with E-state index in [1.807, 2.05) is 0 Å². The summed E-state index contributed by atoms with van der Waals surface area (Å²) in [4.78, 5) is 29.6. The predicted molar refractivity (Wildman–Crippen MR) is 101 cm³/mol. The van der Waals surface area contributed by atoms with Crippen molar-refractivity contribution < 1.29 is 14.7 Å². The van der Waals surface area contributed by atoms with Gasteiger partial charge in [-0.25, -0.2) is 9.78 Å². The highest BCUT2D eigenvalue weighted by molar-refractivity contribution is 7.14. The predicted octanol–water partition coefficient (Wildman–Crippen LogP) is 2.37. The molecule has 1 aromatic carbocycles. The van der Waals surface area contributed by atoms with E-state index >= 15 is 0 Å². The average molecular weight is 415 g/mol. The van der Waals surface area contributed by atoms with Gasteiger partial charge in [0.25, 0.3) is 0 Å². The number of rotatable bonds is 6. The number of aliphatic hydroxyl groups excluding tert-OH is 1. The van der Waals surface area contributed by atoms with Gasteiger partial charge in [-0.15, -0.1) is 11.3 Å². The molecule has 1 aliphatic heterocycles. The summed E-state index contributed by atoms with van der Waals surface area (Å²) in [5, 5.41) is 18.7. The van der Waals surface area contributed by atoms with Crippen LogP contribution in [-0.4, -0.2) is 41.7 Å². The Morgan fingerprint density at radius 2 is 2.12 bits per heavy atom. The van der Waals surface area contributed by atoms with Gasteiger partial charge in [0.05, 0.1) is 18.2 Å². The standard InChI is InChI=1S/C16H16Cl2N4O3S/c17-10-3-9(4-11(18)5-10)13(23)7-20-14(24)6-12-8-26-16(21-12)22-2-1-19-15(22)25/h3-5,8,13,23H,1-2,6-7H2,(H,19,25)(H,20,24). The van der Waals surface area contributed by atoms with Crippen LogP contribution in [0.2, 0.25) is 10.0 Å². The number of aliphatic hydroxyl groups is 1. The molecule has 1 aliphatic rings. The first kappa shape index (κ1) is 18.9. The largest absolute Gasteiger partial charge is 0.387 e. The maximum Gasteiger partial charge on any atom is 0.323 e. The van der Waals surface area contributed by atoms with Gasteiger partial charge < -0.3 is 15.7 Å². The first-order chi connectivity index (χ1) is 12.4. The summed E-state index contributed by atoms with van der Waals surface area (Å²) in [5.41, 5.74) is 1.10. The molecule has 0 radical (unpaired) electrons. The lowest BCUT2D eigenvalue weighted by Gasteiger charge is -2.13. The lowest BCUT2D eigenvalue weighted by molar-refractivity contribution is -0.120. The second-order valence-electron chi connectivity index (χ2n) is 5.70. The molecule has 2 aromatic rings. The van der Waals surface area contributed by atoms with Crippen molar-refractivity contribution >= 4 is 51.6 Å². The maximum atomic E-state index is 12.1. The molecular weight excluding hydrogens is 399 g/mol. The second kappa shape index (κ2) is 8.22. The number of aromatic nitrogens is 1. The summed E-state index contributed by atoms with van der Waals surface area (Å²) in [5.74, 6) is -0.278. The number of anilines is 1. The van der Waals surface area contributed by atoms with Gasteiger partial charge in [-0.1, -0.05) is 23.2 Å². The third-order valence-electron chi connectivity index (χ3n) is 3.73. The molecule has 0 saturated carbocycles. The number of benzene rings is 1. The zero-order valence-corrected chi connectivity index (χ0v) is 15.9. The molecular formula is C16H16Cl2N4O3S. The van der Waals surface area contributed by atoms with Crippen LogP contribution in [0, 0.1) is 0 Å². The monoisotopic (exact) mass is 414 g/mol. The molecule has 1 fully saturated rings. The van der Waals surface area contributed by atoms with Crippen molar-refractivity contribution in [3.63, 3.8) is 0 Å². The Labute approximate surface area is 163 Å². The molecule has 0 bridgehead atoms. The molecule has 3 rings (SSSR count). The molecule has 1 aromatic heterocycles. The summed E-state index contributed by atoms with van der Waals surface area (Å²) in [6.45, 7) is 1.17. The number of amides is 3. The Balaban J connectivity index is 1.52. The molecule has 1 atom stereocenters. The van der Waals surface area contributed by atoms with Gasteiger partial charge in [-0.2, -0.15) is 0 Å². The van der Waals surface area contributed by atoms with Crippen LogP contribution in [0.1, 0.15) is 17.4 Å². The van der Waals surface area contributed by atoms with E-state index in [1.165, 1.54) is 11.3 Å². The zero-order chi connectivity index (χ0) is 18.7. The lowest BCUT2D eigenvalue weighted by atomic mass is 10.1. The fraction of sp³-hybridized carbons (Fsp3) is 0.312. The second-order valence-corrected chi connectivity index (χ2v) is 7.41. The van der Waals surface area contributed by atoms with E-state index in [1.54, 1.807) is 28.5 Å². The Morgan fingerprint density at radius 3 is 2.77 bits per heavy atom. The topological polar surface area (TPSA) is 94.6 Å². The molecule has 26 heavy (non-hydrogen) atoms. The minimum absolute atomic E-state index is 0.0288. The number of hydrogen-bond donors (Lipinski definition) is 3. The number of thiazole rings is 1. The molecule has 0 spiro atoms. The van der Waals surface area contributed by atoms with Crippen molar-refractivity contribution in [2.45, 2.75) is 12.5 Å². The van der Waals surface area contributed by atoms with E-state index in [9.17, 15) is 14.7 Å². The third kappa shape index (κ3) is 4.64. The average Bonchev–Trinajstić information content (AvgIpc) is 3.20. The van der Waals surface area contributed by atoms with Crippen LogP contribution >= 0.6 is 34.5 Å². The summed E-state index contributed by atoms with van der Waals surface area (Å²) in [6.07, 6.45) is -0.857. The summed E-state index contributed by atoms with van der Waals surface area (Å²) >= 11 is 13.1. The molecule has 3 N–H and O–H groups in total. The van der Waals surface area contributed by atoms with Crippen molar-refractivity contribution in [3.8, 4) is 0 Å². The van der Waals surface area contributed by atoms with Gasteiger partial charge in [-0.05, 0) is 23.8 Å². The smallest absolute Gasteiger partial charge is 0.323 e. The Hall–Kier alpha value is -1.87. The first-order valence-electron chi connectivity index (χ1n) is 7.83. The highest BCUT2D eigenvalue weighted by atomic mass is 35.5. The molecule has 3 amide bonds. The number of carbonyl (C=O) groups excluding carboxylic acids is 2. The van der Waals surface area contributed by atoms with Gasteiger partial charge in [0.15, 0.2) is 5.13 Å². The van der Waals surface area contributed by atoms with Crippen LogP contribution in [0.4, 0.5) is 9.93 Å². The number of halogens is 2. The SMILES string of the molecule is O=C(Cc1csc(N2CCNC2=O)n1)NCC(O)c1cc(Cl)cc(Cl)c1. The number of hydrogen-bond acceptors (Lipinski definition) is 5. The van der Waals surface area contributed by atoms with E-state index < -0.39 is 6.10 Å². The minimum atomic E-state index is -0.922. The fourth-order valence-corrected chi connectivity index (χ4v) is 3.87. The quantitative estimate of drug-likeness (QED) is 0.675. The minimum Gasteiger partial charge on any atom is -0.387 e. The van der Waals surface area contributed by atoms with Crippen molar-refractivity contribution in [1.82, 2.24) is 15.6 Å². The molecule has 1 unspecified atom stereocenters. The normalized spacial score (nSPS) is 15.0. The first-order valence-corrected chi connectivity index (χ1v) is 9.46. The summed E-state index contributed by atoms with van der Waals surface area (Å²) in [6, 6.07) is 4.58. The van der Waals surface area contributed by atoms with Gasteiger partial charge in [0.2, 0.25) is 5.91 Å². The maximum absolute atomic E-state index is 12.1. The summed E-state index contributed by atoms with van der Waals surface area (Å²) < 4.78 is 0. The van der Waals surface area contributed by atoms with Gasteiger partial charge in [0, 0.05) is 35.1 Å². The number of urea groups is 1. The van der Waals surface area contributed by atoms with Crippen molar-refractivity contribution in [3.05, 3.63) is 44.9 Å². The van der Waals surface area contributed by atoms with Gasteiger partial charge in [0.1, 0.15) is 0 Å². The molecule has 1 saturated heterocycles. The van der Waals surface area contributed by atoms with Crippen molar-refractivity contribution in [2.24, 2.45) is 0 Å². The van der Waals surface area contributed by atoms with E-state index in [2.05, 4.69) is 15.6 Å². The Morgan fingerprint density at radius 1 is 1.38 bits per heavy atom. The molecule has 10 heteroatoms. The van der Waals surface area contributed by atoms with E-state index in [0.29, 0.717) is 39.5 Å². The zero-order valence-electron chi connectivity index (χ0n) is 13.5. The molecule has 7 nitrogen and oxygen atoms in total. The molecule has 138 valence electrons. The van der Waals surface area contributed by atoms with E-state index in [4.69, 9.17) is 23.2 Å². The molecule has 2 heterocycles. The van der Waals surface area contributed by atoms with Crippen LogP contribution < -0.4 is 15.5 Å². The fourth-order valence-electron chi connectivity index (χ4n) is 2.48. The van der Waals surface area contributed by atoms with Crippen LogP contribution in [0.3, 0.4) is 0 Å². The highest BCUT2D eigenvalue weighted by Gasteiger charge is 2.24. The van der Waals surface area contributed by atoms with Gasteiger partial charge >= 0.3 is 6.03 Å². The summed E-state index contributed by atoms with van der Waals surface area (Å²) in [7, 11) is 0. The van der Waals surface area contributed by atoms with Crippen LogP contribution in [-0.2, 0) is 11.2 Å². The number of nitrogens with one attached hydrogen (secondary N) is 2. The Bertz CT molecular complexity index is 809. The van der Waals surface area contributed by atoms with E-state index in [-0.39, 0.29) is 24.9 Å². The molecule has 0 aliphatic carbocycles. The van der Waals surface area contributed by atoms with Crippen LogP contribution in [0.15, 0.2) is 23.6 Å². The number of carbonyl (C=O) groups is 2. The number of nitrogens with zero attached hydrogens (tertiary/aromatic N) is 2. The third-order valence-corrected chi connectivity index (χ3v) is 5.08. The van der Waals surface area contributed by atoms with Crippen LogP contribution in [0.5, 0.6) is 0 Å².